The average Bonchev–Trinajstić information content (AvgIpc) is 3.61. The zero-order valence-electron chi connectivity index (χ0n) is 19.6. The van der Waals surface area contributed by atoms with E-state index in [4.69, 9.17) is 9.98 Å². The molecule has 0 fully saturated rings. The number of hydrogen-bond acceptors (Lipinski definition) is 2. The van der Waals surface area contributed by atoms with Gasteiger partial charge in [0.05, 0.1) is 22.8 Å². The Labute approximate surface area is 205 Å². The van der Waals surface area contributed by atoms with E-state index in [2.05, 4.69) is 110 Å². The first-order chi connectivity index (χ1) is 17.1. The summed E-state index contributed by atoms with van der Waals surface area (Å²) in [5.74, 6) is 0. The van der Waals surface area contributed by atoms with Crippen LogP contribution >= 0.6 is 0 Å². The topological polar surface area (TPSA) is 24.7 Å². The molecule has 0 saturated carbocycles. The lowest BCUT2D eigenvalue weighted by molar-refractivity contribution is 1.52. The van der Waals surface area contributed by atoms with Crippen molar-refractivity contribution < 1.29 is 0 Å². The molecular weight excluding hydrogens is 440 g/mol. The molecule has 4 aliphatic rings. The van der Waals surface area contributed by atoms with Gasteiger partial charge in [-0.25, -0.2) is 9.98 Å². The second-order valence-corrected chi connectivity index (χ2v) is 14.6. The summed E-state index contributed by atoms with van der Waals surface area (Å²) in [6.45, 7) is 4.98. The van der Waals surface area contributed by atoms with Crippen LogP contribution in [0.15, 0.2) is 94.9 Å². The molecule has 2 nitrogen and oxygen atoms in total. The van der Waals surface area contributed by atoms with Crippen molar-refractivity contribution >= 4 is 64.5 Å². The second-order valence-electron chi connectivity index (χ2n) is 10.2. The minimum Gasteiger partial charge on any atom is -0.247 e. The SMILES string of the molecule is C[Si](C)(c1cccc2c1C=C1C2=Nc2ccccc21)c1cccc2c1C=C1C2=Nc2ccccc21. The molecule has 3 heteroatoms. The fourth-order valence-electron chi connectivity index (χ4n) is 6.30. The molecular formula is C32H22N2Si. The van der Waals surface area contributed by atoms with Crippen molar-refractivity contribution in [2.24, 2.45) is 9.98 Å². The maximum atomic E-state index is 5.01. The van der Waals surface area contributed by atoms with Gasteiger partial charge in [-0.15, -0.1) is 0 Å². The van der Waals surface area contributed by atoms with Gasteiger partial charge in [-0.05, 0) is 45.8 Å². The van der Waals surface area contributed by atoms with E-state index in [0.29, 0.717) is 0 Å². The summed E-state index contributed by atoms with van der Waals surface area (Å²) in [6, 6.07) is 30.6. The number of rotatable bonds is 2. The highest BCUT2D eigenvalue weighted by molar-refractivity contribution is 7.01. The molecule has 0 saturated heterocycles. The van der Waals surface area contributed by atoms with Crippen molar-refractivity contribution in [3.8, 4) is 0 Å². The molecule has 0 bridgehead atoms. The summed E-state index contributed by atoms with van der Waals surface area (Å²) in [6.07, 6.45) is 4.78. The predicted molar refractivity (Wildman–Crippen MR) is 151 cm³/mol. The summed E-state index contributed by atoms with van der Waals surface area (Å²) in [5, 5.41) is 2.95. The van der Waals surface area contributed by atoms with Crippen molar-refractivity contribution in [2.75, 3.05) is 0 Å². The van der Waals surface area contributed by atoms with Crippen LogP contribution in [0.25, 0.3) is 23.3 Å². The number of aliphatic imine (C=N–C) groups is 2. The maximum absolute atomic E-state index is 5.01. The first-order valence-electron chi connectivity index (χ1n) is 12.2. The maximum Gasteiger partial charge on any atom is 0.113 e. The third-order valence-electron chi connectivity index (χ3n) is 8.01. The zero-order chi connectivity index (χ0) is 23.3. The Morgan fingerprint density at radius 1 is 0.486 bits per heavy atom. The lowest BCUT2D eigenvalue weighted by atomic mass is 10.0. The molecule has 0 atom stereocenters. The number of para-hydroxylation sites is 2. The molecule has 35 heavy (non-hydrogen) atoms. The van der Waals surface area contributed by atoms with Gasteiger partial charge in [0.2, 0.25) is 0 Å². The van der Waals surface area contributed by atoms with E-state index in [1.54, 1.807) is 0 Å². The highest BCUT2D eigenvalue weighted by Gasteiger charge is 2.38. The van der Waals surface area contributed by atoms with Gasteiger partial charge in [0, 0.05) is 33.4 Å². The number of nitrogens with zero attached hydrogens (tertiary/aromatic N) is 2. The Morgan fingerprint density at radius 2 is 0.914 bits per heavy atom. The predicted octanol–water partition coefficient (Wildman–Crippen LogP) is 6.49. The number of hydrogen-bond donors (Lipinski definition) is 0. The van der Waals surface area contributed by atoms with E-state index in [0.717, 1.165) is 22.8 Å². The molecule has 2 aliphatic carbocycles. The van der Waals surface area contributed by atoms with E-state index in [1.165, 1.54) is 54.9 Å². The van der Waals surface area contributed by atoms with Crippen LogP contribution in [0.2, 0.25) is 13.1 Å². The van der Waals surface area contributed by atoms with E-state index < -0.39 is 8.07 Å². The van der Waals surface area contributed by atoms with Crippen LogP contribution in [-0.4, -0.2) is 19.5 Å². The lowest BCUT2D eigenvalue weighted by Gasteiger charge is -2.28. The van der Waals surface area contributed by atoms with Crippen LogP contribution in [0.3, 0.4) is 0 Å². The van der Waals surface area contributed by atoms with Crippen LogP contribution in [0.4, 0.5) is 11.4 Å². The molecule has 0 spiro atoms. The van der Waals surface area contributed by atoms with Gasteiger partial charge in [-0.2, -0.15) is 0 Å². The molecule has 4 aromatic carbocycles. The van der Waals surface area contributed by atoms with Crippen molar-refractivity contribution in [3.05, 3.63) is 118 Å². The van der Waals surface area contributed by atoms with E-state index in [1.807, 2.05) is 0 Å². The van der Waals surface area contributed by atoms with Crippen LogP contribution in [0.5, 0.6) is 0 Å². The van der Waals surface area contributed by atoms with Gasteiger partial charge < -0.3 is 0 Å². The van der Waals surface area contributed by atoms with E-state index in [-0.39, 0.29) is 0 Å². The molecule has 0 amide bonds. The number of fused-ring (bicyclic) bond motifs is 10. The second kappa shape index (κ2) is 6.53. The van der Waals surface area contributed by atoms with Gasteiger partial charge >= 0.3 is 0 Å². The molecule has 0 radical (unpaired) electrons. The number of benzene rings is 4. The minimum atomic E-state index is -2.05. The molecule has 0 aromatic heterocycles. The number of allylic oxidation sites excluding steroid dienone is 2. The molecule has 2 heterocycles. The van der Waals surface area contributed by atoms with Gasteiger partial charge in [-0.1, -0.05) is 85.9 Å². The first kappa shape index (κ1) is 19.2. The monoisotopic (exact) mass is 462 g/mol. The third kappa shape index (κ3) is 2.43. The third-order valence-corrected chi connectivity index (χ3v) is 11.6. The molecule has 8 rings (SSSR count). The van der Waals surface area contributed by atoms with Crippen LogP contribution in [0, 0.1) is 0 Å². The van der Waals surface area contributed by atoms with Crippen LogP contribution < -0.4 is 10.4 Å². The zero-order valence-corrected chi connectivity index (χ0v) is 20.6. The smallest absolute Gasteiger partial charge is 0.113 e. The van der Waals surface area contributed by atoms with Crippen molar-refractivity contribution in [3.63, 3.8) is 0 Å². The Kier molecular flexibility index (Phi) is 3.59. The Hall–Kier alpha value is -4.08. The highest BCUT2D eigenvalue weighted by Crippen LogP contribution is 2.44. The van der Waals surface area contributed by atoms with E-state index >= 15 is 0 Å². The summed E-state index contributed by atoms with van der Waals surface area (Å²) >= 11 is 0. The fourth-order valence-corrected chi connectivity index (χ4v) is 9.37. The van der Waals surface area contributed by atoms with Crippen molar-refractivity contribution in [1.82, 2.24) is 0 Å². The normalized spacial score (nSPS) is 15.8. The van der Waals surface area contributed by atoms with Gasteiger partial charge in [0.25, 0.3) is 0 Å². The molecule has 0 unspecified atom stereocenters. The summed E-state index contributed by atoms with van der Waals surface area (Å²) in [7, 11) is -2.05. The minimum absolute atomic E-state index is 1.08. The van der Waals surface area contributed by atoms with Crippen LogP contribution in [-0.2, 0) is 0 Å². The highest BCUT2D eigenvalue weighted by atomic mass is 28.3. The standard InChI is InChI=1S/C32H22N2Si/c1-35(2,29-15-7-11-21-23(29)17-25-19-9-3-5-13-27(19)33-31(21)25)30-16-8-12-22-24(30)18-26-20-10-4-6-14-28(20)34-32(22)26/h3-18H,1-2H3. The van der Waals surface area contributed by atoms with E-state index in [9.17, 15) is 0 Å². The van der Waals surface area contributed by atoms with Gasteiger partial charge in [0.15, 0.2) is 0 Å². The van der Waals surface area contributed by atoms with Gasteiger partial charge in [0.1, 0.15) is 8.07 Å². The lowest BCUT2D eigenvalue weighted by Crippen LogP contribution is -2.55. The van der Waals surface area contributed by atoms with Crippen molar-refractivity contribution in [2.45, 2.75) is 13.1 Å². The van der Waals surface area contributed by atoms with Gasteiger partial charge in [-0.3, -0.25) is 0 Å². The largest absolute Gasteiger partial charge is 0.247 e. The average molecular weight is 463 g/mol. The Morgan fingerprint density at radius 3 is 1.40 bits per heavy atom. The molecule has 164 valence electrons. The summed E-state index contributed by atoms with van der Waals surface area (Å²) in [5.41, 5.74) is 14.7. The first-order valence-corrected chi connectivity index (χ1v) is 15.2. The fraction of sp³-hybridized carbons (Fsp3) is 0.0625. The Bertz CT molecular complexity index is 1640. The van der Waals surface area contributed by atoms with Crippen molar-refractivity contribution in [1.29, 1.82) is 0 Å². The van der Waals surface area contributed by atoms with Crippen LogP contribution in [0.1, 0.15) is 33.4 Å². The Balaban J connectivity index is 1.29. The molecule has 4 aromatic rings. The summed E-state index contributed by atoms with van der Waals surface area (Å²) < 4.78 is 0. The molecule has 2 aliphatic heterocycles. The quantitative estimate of drug-likeness (QED) is 0.304. The summed E-state index contributed by atoms with van der Waals surface area (Å²) in [4.78, 5) is 10.0. The molecule has 0 N–H and O–H groups in total.